The number of fused-ring (bicyclic) bond motifs is 1. The number of alkyl carbamates (subject to hydrolysis) is 1. The van der Waals surface area contributed by atoms with Crippen molar-refractivity contribution >= 4 is 45.9 Å². The molecule has 0 unspecified atom stereocenters. The minimum absolute atomic E-state index is 0.178. The van der Waals surface area contributed by atoms with Crippen molar-refractivity contribution in [1.82, 2.24) is 20.3 Å². The number of hydrogen-bond acceptors (Lipinski definition) is 6. The number of rotatable bonds is 7. The number of H-pyrrole nitrogens is 1. The van der Waals surface area contributed by atoms with Gasteiger partial charge in [-0.2, -0.15) is 0 Å². The molecule has 1 fully saturated rings. The number of aromatic nitrogens is 3. The summed E-state index contributed by atoms with van der Waals surface area (Å²) in [6, 6.07) is 16.3. The van der Waals surface area contributed by atoms with Crippen molar-refractivity contribution in [1.29, 1.82) is 0 Å². The number of amides is 1. The normalized spacial score (nSPS) is 17.5. The lowest BCUT2D eigenvalue weighted by atomic mass is 9.86. The maximum absolute atomic E-state index is 12.1. The van der Waals surface area contributed by atoms with E-state index < -0.39 is 5.60 Å². The van der Waals surface area contributed by atoms with Gasteiger partial charge in [0.25, 0.3) is 0 Å². The molecule has 2 aromatic carbocycles. The summed E-state index contributed by atoms with van der Waals surface area (Å²) in [5.41, 5.74) is 4.08. The lowest BCUT2D eigenvalue weighted by Crippen LogP contribution is -2.41. The van der Waals surface area contributed by atoms with Crippen molar-refractivity contribution in [2.75, 3.05) is 17.2 Å². The first-order valence-electron chi connectivity index (χ1n) is 13.4. The van der Waals surface area contributed by atoms with Gasteiger partial charge in [0.2, 0.25) is 5.95 Å². The second-order valence-electron chi connectivity index (χ2n) is 11.1. The molecule has 2 heterocycles. The molecule has 1 aliphatic rings. The van der Waals surface area contributed by atoms with E-state index in [1.165, 1.54) is 0 Å². The number of anilines is 3. The average Bonchev–Trinajstić information content (AvgIpc) is 3.33. The highest BCUT2D eigenvalue weighted by atomic mass is 35.5. The largest absolute Gasteiger partial charge is 0.444 e. The molecule has 0 bridgehead atoms. The average molecular weight is 547 g/mol. The molecule has 4 aromatic rings. The van der Waals surface area contributed by atoms with Crippen molar-refractivity contribution in [3.63, 3.8) is 0 Å². The first-order valence-corrected chi connectivity index (χ1v) is 13.8. The molecule has 0 spiro atoms. The molecule has 4 N–H and O–H groups in total. The molecule has 8 nitrogen and oxygen atoms in total. The van der Waals surface area contributed by atoms with Crippen molar-refractivity contribution in [2.45, 2.75) is 58.1 Å². The van der Waals surface area contributed by atoms with E-state index in [2.05, 4.69) is 38.1 Å². The van der Waals surface area contributed by atoms with Crippen LogP contribution in [0.1, 0.15) is 46.5 Å². The number of nitrogens with zero attached hydrogens (tertiary/aromatic N) is 2. The zero-order valence-electron chi connectivity index (χ0n) is 22.6. The monoisotopic (exact) mass is 546 g/mol. The number of para-hydroxylation sites is 1. The van der Waals surface area contributed by atoms with Gasteiger partial charge in [-0.05, 0) is 76.6 Å². The fraction of sp³-hybridized carbons (Fsp3) is 0.367. The van der Waals surface area contributed by atoms with Crippen LogP contribution in [0.2, 0.25) is 5.02 Å². The van der Waals surface area contributed by atoms with E-state index in [-0.39, 0.29) is 12.1 Å². The van der Waals surface area contributed by atoms with Gasteiger partial charge >= 0.3 is 6.09 Å². The minimum Gasteiger partial charge on any atom is -0.444 e. The molecular formula is C30H35ClN6O2. The van der Waals surface area contributed by atoms with Crippen LogP contribution in [0, 0.1) is 5.92 Å². The Morgan fingerprint density at radius 3 is 2.64 bits per heavy atom. The number of hydrogen-bond donors (Lipinski definition) is 4. The summed E-state index contributed by atoms with van der Waals surface area (Å²) in [6.45, 7) is 6.52. The predicted octanol–water partition coefficient (Wildman–Crippen LogP) is 7.52. The van der Waals surface area contributed by atoms with Gasteiger partial charge in [-0.1, -0.05) is 35.9 Å². The summed E-state index contributed by atoms with van der Waals surface area (Å²) in [5, 5.41) is 11.5. The Kier molecular flexibility index (Phi) is 7.93. The maximum Gasteiger partial charge on any atom is 0.407 e. The number of nitrogens with one attached hydrogen (secondary N) is 4. The second kappa shape index (κ2) is 11.5. The Morgan fingerprint density at radius 2 is 1.85 bits per heavy atom. The Balaban J connectivity index is 1.16. The van der Waals surface area contributed by atoms with E-state index >= 15 is 0 Å². The molecule has 2 aromatic heterocycles. The second-order valence-corrected chi connectivity index (χ2v) is 11.5. The van der Waals surface area contributed by atoms with Gasteiger partial charge in [-0.15, -0.1) is 0 Å². The molecule has 1 amide bonds. The van der Waals surface area contributed by atoms with Crippen molar-refractivity contribution in [2.24, 2.45) is 5.92 Å². The molecule has 0 saturated heterocycles. The molecule has 1 saturated carbocycles. The third-order valence-electron chi connectivity index (χ3n) is 6.87. The molecule has 0 radical (unpaired) electrons. The zero-order chi connectivity index (χ0) is 27.4. The van der Waals surface area contributed by atoms with Gasteiger partial charge in [0.15, 0.2) is 0 Å². The Hall–Kier alpha value is -3.78. The molecule has 39 heavy (non-hydrogen) atoms. The van der Waals surface area contributed by atoms with Crippen LogP contribution < -0.4 is 16.0 Å². The van der Waals surface area contributed by atoms with Crippen LogP contribution in [-0.4, -0.2) is 39.2 Å². The molecule has 5 rings (SSSR count). The number of halogens is 1. The molecular weight excluding hydrogens is 512 g/mol. The lowest BCUT2D eigenvalue weighted by molar-refractivity contribution is 0.0488. The summed E-state index contributed by atoms with van der Waals surface area (Å²) >= 11 is 6.49. The van der Waals surface area contributed by atoms with E-state index in [0.717, 1.165) is 60.1 Å². The van der Waals surface area contributed by atoms with E-state index in [1.54, 1.807) is 6.20 Å². The highest BCUT2D eigenvalue weighted by Crippen LogP contribution is 2.33. The number of benzene rings is 2. The van der Waals surface area contributed by atoms with Gasteiger partial charge in [-0.25, -0.2) is 14.8 Å². The maximum atomic E-state index is 12.1. The standard InChI is InChI=1S/C30H35ClN6O2/c1-30(2,3)39-29(38)36-20-13-11-19(12-14-20)16-32-21-7-6-8-22(15-21)35-28-34-18-25(31)27(37-28)24-17-33-26-10-5-4-9-23(24)26/h4-10,15,17-20,32-33H,11-14,16H2,1-3H3,(H,36,38)(H,34,35,37). The predicted molar refractivity (Wildman–Crippen MR) is 158 cm³/mol. The summed E-state index contributed by atoms with van der Waals surface area (Å²) in [7, 11) is 0. The first kappa shape index (κ1) is 26.8. The van der Waals surface area contributed by atoms with Gasteiger partial charge in [0, 0.05) is 46.6 Å². The Bertz CT molecular complexity index is 1440. The summed E-state index contributed by atoms with van der Waals surface area (Å²) in [4.78, 5) is 24.5. The Labute approximate surface area is 233 Å². The van der Waals surface area contributed by atoms with Crippen LogP contribution in [0.4, 0.5) is 22.1 Å². The van der Waals surface area contributed by atoms with E-state index in [1.807, 2.05) is 63.4 Å². The third-order valence-corrected chi connectivity index (χ3v) is 7.15. The summed E-state index contributed by atoms with van der Waals surface area (Å²) < 4.78 is 5.39. The smallest absolute Gasteiger partial charge is 0.407 e. The van der Waals surface area contributed by atoms with E-state index in [4.69, 9.17) is 21.3 Å². The van der Waals surface area contributed by atoms with Crippen LogP contribution >= 0.6 is 11.6 Å². The highest BCUT2D eigenvalue weighted by molar-refractivity contribution is 6.33. The van der Waals surface area contributed by atoms with E-state index in [0.29, 0.717) is 22.6 Å². The van der Waals surface area contributed by atoms with Crippen molar-refractivity contribution in [3.8, 4) is 11.3 Å². The number of carbonyl (C=O) groups excluding carboxylic acids is 1. The van der Waals surface area contributed by atoms with Crippen LogP contribution in [-0.2, 0) is 4.74 Å². The first-order chi connectivity index (χ1) is 18.7. The fourth-order valence-corrected chi connectivity index (χ4v) is 5.16. The molecule has 9 heteroatoms. The van der Waals surface area contributed by atoms with E-state index in [9.17, 15) is 4.79 Å². The van der Waals surface area contributed by atoms with Crippen molar-refractivity contribution in [3.05, 3.63) is 65.9 Å². The fourth-order valence-electron chi connectivity index (χ4n) is 4.97. The molecule has 204 valence electrons. The molecule has 0 aliphatic heterocycles. The quantitative estimate of drug-likeness (QED) is 0.191. The SMILES string of the molecule is CC(C)(C)OC(=O)NC1CCC(CNc2cccc(Nc3ncc(Cl)c(-c4c[nH]c5ccccc45)n3)c2)CC1. The highest BCUT2D eigenvalue weighted by Gasteiger charge is 2.24. The van der Waals surface area contributed by atoms with Crippen LogP contribution in [0.25, 0.3) is 22.2 Å². The number of carbonyl (C=O) groups is 1. The molecule has 0 atom stereocenters. The van der Waals surface area contributed by atoms with Gasteiger partial charge in [0.05, 0.1) is 16.9 Å². The van der Waals surface area contributed by atoms with Crippen LogP contribution in [0.15, 0.2) is 60.9 Å². The topological polar surface area (TPSA) is 104 Å². The van der Waals surface area contributed by atoms with Crippen molar-refractivity contribution < 1.29 is 9.53 Å². The van der Waals surface area contributed by atoms with Gasteiger partial charge in [0.1, 0.15) is 5.60 Å². The zero-order valence-corrected chi connectivity index (χ0v) is 23.3. The minimum atomic E-state index is -0.478. The van der Waals surface area contributed by atoms with Crippen LogP contribution in [0.5, 0.6) is 0 Å². The van der Waals surface area contributed by atoms with Gasteiger partial charge in [-0.3, -0.25) is 0 Å². The third kappa shape index (κ3) is 7.00. The molecule has 1 aliphatic carbocycles. The van der Waals surface area contributed by atoms with Crippen LogP contribution in [0.3, 0.4) is 0 Å². The Morgan fingerprint density at radius 1 is 1.08 bits per heavy atom. The van der Waals surface area contributed by atoms with Gasteiger partial charge < -0.3 is 25.7 Å². The number of ether oxygens (including phenoxy) is 1. The lowest BCUT2D eigenvalue weighted by Gasteiger charge is -2.30. The summed E-state index contributed by atoms with van der Waals surface area (Å²) in [5.74, 6) is 1.03. The summed E-state index contributed by atoms with van der Waals surface area (Å²) in [6.07, 6.45) is 7.26. The number of aromatic amines is 1.